The maximum atomic E-state index is 11.9. The van der Waals surface area contributed by atoms with Crippen molar-refractivity contribution in [2.45, 2.75) is 25.8 Å². The molecule has 0 aliphatic heterocycles. The second-order valence-electron chi connectivity index (χ2n) is 5.61. The third-order valence-electron chi connectivity index (χ3n) is 3.62. The van der Waals surface area contributed by atoms with E-state index in [2.05, 4.69) is 10.3 Å². The van der Waals surface area contributed by atoms with Gasteiger partial charge < -0.3 is 23.9 Å². The molecule has 7 nitrogen and oxygen atoms in total. The van der Waals surface area contributed by atoms with Gasteiger partial charge in [0.2, 0.25) is 5.91 Å². The van der Waals surface area contributed by atoms with Gasteiger partial charge in [-0.2, -0.15) is 0 Å². The minimum Gasteiger partial charge on any atom is -0.497 e. The van der Waals surface area contributed by atoms with E-state index in [9.17, 15) is 4.79 Å². The molecule has 0 saturated heterocycles. The summed E-state index contributed by atoms with van der Waals surface area (Å²) in [5.41, 5.74) is 0.778. The molecule has 1 atom stereocenters. The molecule has 1 aromatic carbocycles. The van der Waals surface area contributed by atoms with E-state index in [1.165, 1.54) is 0 Å². The third-order valence-corrected chi connectivity index (χ3v) is 3.62. The standard InChI is InChI=1S/C18H24N2O5/c1-12(11-22-2)20-17(21)7-8-18-19-10-16(25-18)14-6-5-13(23-3)9-15(14)24-4/h5-6,9-10,12H,7-8,11H2,1-4H3,(H,20,21). The van der Waals surface area contributed by atoms with Crippen LogP contribution in [0.5, 0.6) is 11.5 Å². The lowest BCUT2D eigenvalue weighted by Crippen LogP contribution is -2.35. The number of nitrogens with zero attached hydrogens (tertiary/aromatic N) is 1. The molecule has 1 heterocycles. The van der Waals surface area contributed by atoms with Crippen LogP contribution in [0.4, 0.5) is 0 Å². The van der Waals surface area contributed by atoms with Crippen LogP contribution in [0.25, 0.3) is 11.3 Å². The number of hydrogen-bond acceptors (Lipinski definition) is 6. The van der Waals surface area contributed by atoms with Crippen LogP contribution in [0.2, 0.25) is 0 Å². The number of carbonyl (C=O) groups is 1. The Morgan fingerprint density at radius 3 is 2.76 bits per heavy atom. The molecular formula is C18H24N2O5. The summed E-state index contributed by atoms with van der Waals surface area (Å²) >= 11 is 0. The summed E-state index contributed by atoms with van der Waals surface area (Å²) in [6.45, 7) is 2.37. The topological polar surface area (TPSA) is 82.8 Å². The van der Waals surface area contributed by atoms with Gasteiger partial charge in [0.15, 0.2) is 11.7 Å². The summed E-state index contributed by atoms with van der Waals surface area (Å²) in [6, 6.07) is 5.43. The first kappa shape index (κ1) is 18.8. The number of ether oxygens (including phenoxy) is 3. The van der Waals surface area contributed by atoms with E-state index in [0.717, 1.165) is 5.56 Å². The summed E-state index contributed by atoms with van der Waals surface area (Å²) in [7, 11) is 4.78. The zero-order valence-electron chi connectivity index (χ0n) is 15.0. The molecule has 25 heavy (non-hydrogen) atoms. The molecule has 2 aromatic rings. The molecule has 7 heteroatoms. The molecule has 0 radical (unpaired) electrons. The van der Waals surface area contributed by atoms with Crippen molar-refractivity contribution in [3.05, 3.63) is 30.3 Å². The van der Waals surface area contributed by atoms with Crippen LogP contribution in [-0.2, 0) is 16.0 Å². The fraction of sp³-hybridized carbons (Fsp3) is 0.444. The quantitative estimate of drug-likeness (QED) is 0.749. The fourth-order valence-corrected chi connectivity index (χ4v) is 2.41. The molecule has 2 rings (SSSR count). The Morgan fingerprint density at radius 1 is 1.28 bits per heavy atom. The molecule has 0 bridgehead atoms. The normalized spacial score (nSPS) is 11.8. The van der Waals surface area contributed by atoms with Crippen molar-refractivity contribution >= 4 is 5.91 Å². The van der Waals surface area contributed by atoms with Crippen LogP contribution >= 0.6 is 0 Å². The highest BCUT2D eigenvalue weighted by molar-refractivity contribution is 5.76. The van der Waals surface area contributed by atoms with Gasteiger partial charge in [-0.15, -0.1) is 0 Å². The van der Waals surface area contributed by atoms with E-state index < -0.39 is 0 Å². The number of amides is 1. The van der Waals surface area contributed by atoms with Crippen molar-refractivity contribution in [2.24, 2.45) is 0 Å². The van der Waals surface area contributed by atoms with E-state index in [0.29, 0.717) is 42.6 Å². The second-order valence-corrected chi connectivity index (χ2v) is 5.61. The molecule has 1 amide bonds. The van der Waals surface area contributed by atoms with E-state index in [-0.39, 0.29) is 11.9 Å². The molecule has 0 saturated carbocycles. The van der Waals surface area contributed by atoms with Crippen LogP contribution in [0, 0.1) is 0 Å². The van der Waals surface area contributed by atoms with Crippen molar-refractivity contribution in [1.29, 1.82) is 0 Å². The predicted molar refractivity (Wildman–Crippen MR) is 92.8 cm³/mol. The second kappa shape index (κ2) is 9.08. The molecule has 0 spiro atoms. The number of carbonyl (C=O) groups excluding carboxylic acids is 1. The minimum absolute atomic E-state index is 0.0267. The van der Waals surface area contributed by atoms with Gasteiger partial charge in [-0.05, 0) is 19.1 Å². The highest BCUT2D eigenvalue weighted by atomic mass is 16.5. The number of benzene rings is 1. The predicted octanol–water partition coefficient (Wildman–Crippen LogP) is 2.44. The molecule has 1 aromatic heterocycles. The maximum Gasteiger partial charge on any atom is 0.220 e. The first-order valence-electron chi connectivity index (χ1n) is 8.02. The van der Waals surface area contributed by atoms with Gasteiger partial charge in [-0.25, -0.2) is 4.98 Å². The number of oxazole rings is 1. The molecule has 0 aliphatic rings. The number of hydrogen-bond donors (Lipinski definition) is 1. The van der Waals surface area contributed by atoms with Crippen molar-refractivity contribution < 1.29 is 23.4 Å². The zero-order chi connectivity index (χ0) is 18.2. The van der Waals surface area contributed by atoms with Gasteiger partial charge in [0.05, 0.1) is 32.6 Å². The van der Waals surface area contributed by atoms with Gasteiger partial charge in [0, 0.05) is 32.1 Å². The number of aryl methyl sites for hydroxylation is 1. The van der Waals surface area contributed by atoms with Crippen LogP contribution in [0.15, 0.2) is 28.8 Å². The molecular weight excluding hydrogens is 324 g/mol. The number of methoxy groups -OCH3 is 3. The Labute approximate surface area is 147 Å². The number of rotatable bonds is 9. The van der Waals surface area contributed by atoms with Gasteiger partial charge in [0.1, 0.15) is 11.5 Å². The van der Waals surface area contributed by atoms with E-state index in [4.69, 9.17) is 18.6 Å². The Balaban J connectivity index is 1.99. The van der Waals surface area contributed by atoms with Crippen LogP contribution in [-0.4, -0.2) is 44.9 Å². The Bertz CT molecular complexity index is 699. The van der Waals surface area contributed by atoms with Gasteiger partial charge in [-0.3, -0.25) is 4.79 Å². The van der Waals surface area contributed by atoms with Crippen molar-refractivity contribution in [2.75, 3.05) is 27.9 Å². The average molecular weight is 348 g/mol. The summed E-state index contributed by atoms with van der Waals surface area (Å²) in [5, 5.41) is 2.85. The SMILES string of the molecule is COCC(C)NC(=O)CCc1ncc(-c2ccc(OC)cc2OC)o1. The minimum atomic E-state index is -0.0636. The lowest BCUT2D eigenvalue weighted by molar-refractivity contribution is -0.122. The molecule has 1 unspecified atom stereocenters. The van der Waals surface area contributed by atoms with E-state index in [1.54, 1.807) is 33.6 Å². The van der Waals surface area contributed by atoms with Gasteiger partial charge in [0.25, 0.3) is 0 Å². The van der Waals surface area contributed by atoms with Gasteiger partial charge >= 0.3 is 0 Å². The largest absolute Gasteiger partial charge is 0.497 e. The smallest absolute Gasteiger partial charge is 0.220 e. The van der Waals surface area contributed by atoms with Crippen molar-refractivity contribution in [3.8, 4) is 22.8 Å². The van der Waals surface area contributed by atoms with E-state index in [1.807, 2.05) is 19.1 Å². The maximum absolute atomic E-state index is 11.9. The van der Waals surface area contributed by atoms with Crippen LogP contribution < -0.4 is 14.8 Å². The molecule has 136 valence electrons. The van der Waals surface area contributed by atoms with Gasteiger partial charge in [-0.1, -0.05) is 0 Å². The first-order valence-corrected chi connectivity index (χ1v) is 8.02. The highest BCUT2D eigenvalue weighted by Gasteiger charge is 2.14. The van der Waals surface area contributed by atoms with Crippen molar-refractivity contribution in [1.82, 2.24) is 10.3 Å². The Hall–Kier alpha value is -2.54. The molecule has 1 N–H and O–H groups in total. The zero-order valence-corrected chi connectivity index (χ0v) is 15.0. The lowest BCUT2D eigenvalue weighted by Gasteiger charge is -2.11. The first-order chi connectivity index (χ1) is 12.1. The highest BCUT2D eigenvalue weighted by Crippen LogP contribution is 2.33. The lowest BCUT2D eigenvalue weighted by atomic mass is 10.1. The summed E-state index contributed by atoms with van der Waals surface area (Å²) in [6.07, 6.45) is 2.35. The fourth-order valence-electron chi connectivity index (χ4n) is 2.41. The van der Waals surface area contributed by atoms with E-state index >= 15 is 0 Å². The Morgan fingerprint density at radius 2 is 2.08 bits per heavy atom. The number of nitrogens with one attached hydrogen (secondary N) is 1. The average Bonchev–Trinajstić information content (AvgIpc) is 3.08. The monoisotopic (exact) mass is 348 g/mol. The summed E-state index contributed by atoms with van der Waals surface area (Å²) in [4.78, 5) is 16.1. The number of aromatic nitrogens is 1. The summed E-state index contributed by atoms with van der Waals surface area (Å²) in [5.74, 6) is 2.35. The summed E-state index contributed by atoms with van der Waals surface area (Å²) < 4.78 is 21.3. The molecule has 0 fully saturated rings. The van der Waals surface area contributed by atoms with Crippen LogP contribution in [0.1, 0.15) is 19.2 Å². The van der Waals surface area contributed by atoms with Crippen molar-refractivity contribution in [3.63, 3.8) is 0 Å². The Kier molecular flexibility index (Phi) is 6.82. The third kappa shape index (κ3) is 5.22. The molecule has 0 aliphatic carbocycles. The van der Waals surface area contributed by atoms with Crippen LogP contribution in [0.3, 0.4) is 0 Å².